The SMILES string of the molecule is CNc1ccc(-c2[nH]c(C3CC(C4CCN(SC)CC4)CN3C(=O)c3ccc(NC(=N)N)cc3)nc2Cl)cc1. The fraction of sp³-hybridized carbons (Fsp3) is 0.393. The number of carbonyl (C=O) groups is 1. The molecule has 9 nitrogen and oxygen atoms in total. The van der Waals surface area contributed by atoms with Crippen molar-refractivity contribution < 1.29 is 4.79 Å². The van der Waals surface area contributed by atoms with Crippen LogP contribution >= 0.6 is 23.5 Å². The number of guanidine groups is 1. The second-order valence-corrected chi connectivity index (χ2v) is 11.4. The maximum absolute atomic E-state index is 13.9. The van der Waals surface area contributed by atoms with Gasteiger partial charge < -0.3 is 26.3 Å². The normalized spacial score (nSPS) is 20.2. The van der Waals surface area contributed by atoms with Gasteiger partial charge in [-0.05, 0) is 73.8 Å². The van der Waals surface area contributed by atoms with Gasteiger partial charge in [0.2, 0.25) is 0 Å². The molecule has 2 atom stereocenters. The maximum Gasteiger partial charge on any atom is 0.254 e. The lowest BCUT2D eigenvalue weighted by molar-refractivity contribution is 0.0721. The third kappa shape index (κ3) is 6.03. The van der Waals surface area contributed by atoms with Crippen LogP contribution in [0.15, 0.2) is 48.5 Å². The number of amides is 1. The summed E-state index contributed by atoms with van der Waals surface area (Å²) in [7, 11) is 1.89. The van der Waals surface area contributed by atoms with E-state index in [0.29, 0.717) is 34.8 Å². The first kappa shape index (κ1) is 27.4. The highest BCUT2D eigenvalue weighted by molar-refractivity contribution is 7.96. The van der Waals surface area contributed by atoms with E-state index in [1.807, 2.05) is 48.2 Å². The molecule has 2 fully saturated rings. The summed E-state index contributed by atoms with van der Waals surface area (Å²) in [6.07, 6.45) is 5.25. The van der Waals surface area contributed by atoms with Gasteiger partial charge in [0.1, 0.15) is 5.82 Å². The third-order valence-electron chi connectivity index (χ3n) is 7.88. The number of aromatic amines is 1. The van der Waals surface area contributed by atoms with Crippen LogP contribution in [-0.4, -0.2) is 64.0 Å². The summed E-state index contributed by atoms with van der Waals surface area (Å²) in [6.45, 7) is 2.83. The predicted molar refractivity (Wildman–Crippen MR) is 160 cm³/mol. The molecule has 206 valence electrons. The number of H-pyrrole nitrogens is 1. The minimum Gasteiger partial charge on any atom is -0.388 e. The number of benzene rings is 2. The lowest BCUT2D eigenvalue weighted by Crippen LogP contribution is -2.35. The van der Waals surface area contributed by atoms with Gasteiger partial charge in [0.25, 0.3) is 5.91 Å². The Balaban J connectivity index is 1.42. The second kappa shape index (κ2) is 11.9. The Bertz CT molecular complexity index is 1300. The summed E-state index contributed by atoms with van der Waals surface area (Å²) >= 11 is 8.46. The number of imidazole rings is 1. The monoisotopic (exact) mass is 566 g/mol. The minimum absolute atomic E-state index is 0.0362. The van der Waals surface area contributed by atoms with E-state index in [0.717, 1.165) is 55.1 Å². The molecule has 1 amide bonds. The summed E-state index contributed by atoms with van der Waals surface area (Å²) in [4.78, 5) is 24.0. The predicted octanol–water partition coefficient (Wildman–Crippen LogP) is 5.27. The molecule has 0 saturated carbocycles. The standard InChI is InChI=1S/C28H35ClN8OS/c1-32-21-7-3-18(4-8-21)24-25(29)35-26(34-24)23-15-20(17-11-13-36(39-2)14-12-17)16-37(23)27(38)19-5-9-22(10-6-19)33-28(30)31/h3-10,17,20,23,32H,11-16H2,1-2H3,(H,34,35)(H4,30,31,33). The molecular formula is C28H35ClN8OS. The molecule has 2 aliphatic heterocycles. The molecule has 6 N–H and O–H groups in total. The number of nitrogens with two attached hydrogens (primary N) is 1. The average Bonchev–Trinajstić information content (AvgIpc) is 3.57. The number of rotatable bonds is 7. The number of hydrogen-bond acceptors (Lipinski definition) is 6. The van der Waals surface area contributed by atoms with Crippen molar-refractivity contribution in [2.45, 2.75) is 25.3 Å². The Hall–Kier alpha value is -3.21. The number of likely N-dealkylation sites (tertiary alicyclic amines) is 1. The van der Waals surface area contributed by atoms with Crippen molar-refractivity contribution in [3.05, 3.63) is 65.1 Å². The Morgan fingerprint density at radius 2 is 1.77 bits per heavy atom. The van der Waals surface area contributed by atoms with E-state index in [-0.39, 0.29) is 17.9 Å². The molecule has 1 aromatic heterocycles. The number of hydrogen-bond donors (Lipinski definition) is 5. The zero-order valence-electron chi connectivity index (χ0n) is 22.2. The van der Waals surface area contributed by atoms with Crippen LogP contribution in [0, 0.1) is 17.2 Å². The van der Waals surface area contributed by atoms with Gasteiger partial charge in [0.05, 0.1) is 11.7 Å². The summed E-state index contributed by atoms with van der Waals surface area (Å²) < 4.78 is 2.42. The number of halogens is 1. The first-order chi connectivity index (χ1) is 18.9. The molecule has 11 heteroatoms. The Kier molecular flexibility index (Phi) is 8.34. The fourth-order valence-corrected chi connectivity index (χ4v) is 6.59. The smallest absolute Gasteiger partial charge is 0.254 e. The molecule has 0 bridgehead atoms. The highest BCUT2D eigenvalue weighted by Gasteiger charge is 2.42. The number of nitrogens with one attached hydrogen (secondary N) is 4. The maximum atomic E-state index is 13.9. The van der Waals surface area contributed by atoms with Crippen LogP contribution in [0.3, 0.4) is 0 Å². The van der Waals surface area contributed by atoms with Crippen LogP contribution < -0.4 is 16.4 Å². The van der Waals surface area contributed by atoms with Crippen LogP contribution in [0.25, 0.3) is 11.3 Å². The molecule has 2 aromatic carbocycles. The van der Waals surface area contributed by atoms with Crippen LogP contribution in [0.2, 0.25) is 5.15 Å². The molecule has 39 heavy (non-hydrogen) atoms. The van der Waals surface area contributed by atoms with Gasteiger partial charge in [0, 0.05) is 49.2 Å². The lowest BCUT2D eigenvalue weighted by Gasteiger charge is -2.33. The molecule has 0 spiro atoms. The van der Waals surface area contributed by atoms with Crippen LogP contribution in [-0.2, 0) is 0 Å². The lowest BCUT2D eigenvalue weighted by atomic mass is 9.83. The molecule has 5 rings (SSSR count). The van der Waals surface area contributed by atoms with Gasteiger partial charge in [-0.2, -0.15) is 0 Å². The van der Waals surface area contributed by atoms with Gasteiger partial charge in [-0.3, -0.25) is 14.5 Å². The van der Waals surface area contributed by atoms with Crippen LogP contribution in [0.1, 0.15) is 41.5 Å². The van der Waals surface area contributed by atoms with Crippen molar-refractivity contribution in [2.24, 2.45) is 17.6 Å². The Morgan fingerprint density at radius 3 is 2.38 bits per heavy atom. The van der Waals surface area contributed by atoms with E-state index in [2.05, 4.69) is 26.2 Å². The molecule has 0 aliphatic carbocycles. The van der Waals surface area contributed by atoms with E-state index >= 15 is 0 Å². The largest absolute Gasteiger partial charge is 0.388 e. The van der Waals surface area contributed by atoms with Crippen molar-refractivity contribution >= 4 is 46.8 Å². The molecule has 2 saturated heterocycles. The number of piperidine rings is 1. The van der Waals surface area contributed by atoms with Crippen LogP contribution in [0.5, 0.6) is 0 Å². The summed E-state index contributed by atoms with van der Waals surface area (Å²) in [5, 5.41) is 13.7. The first-order valence-corrected chi connectivity index (χ1v) is 14.8. The second-order valence-electron chi connectivity index (χ2n) is 10.1. The van der Waals surface area contributed by atoms with Crippen molar-refractivity contribution in [1.29, 1.82) is 5.41 Å². The van der Waals surface area contributed by atoms with Gasteiger partial charge in [-0.25, -0.2) is 4.98 Å². The number of carbonyl (C=O) groups excluding carboxylic acids is 1. The fourth-order valence-electron chi connectivity index (χ4n) is 5.76. The highest BCUT2D eigenvalue weighted by Crippen LogP contribution is 2.43. The topological polar surface area (TPSA) is 126 Å². The first-order valence-electron chi connectivity index (χ1n) is 13.2. The van der Waals surface area contributed by atoms with Crippen molar-refractivity contribution in [1.82, 2.24) is 19.2 Å². The number of anilines is 2. The summed E-state index contributed by atoms with van der Waals surface area (Å²) in [5.74, 6) is 1.50. The van der Waals surface area contributed by atoms with Gasteiger partial charge in [0.15, 0.2) is 11.1 Å². The summed E-state index contributed by atoms with van der Waals surface area (Å²) in [5.41, 5.74) is 9.43. The van der Waals surface area contributed by atoms with Gasteiger partial charge in [-0.1, -0.05) is 35.7 Å². The number of aromatic nitrogens is 2. The average molecular weight is 567 g/mol. The molecule has 3 aromatic rings. The number of nitrogens with zero attached hydrogens (tertiary/aromatic N) is 3. The van der Waals surface area contributed by atoms with E-state index in [1.165, 1.54) is 0 Å². The molecule has 2 aliphatic rings. The zero-order chi connectivity index (χ0) is 27.5. The van der Waals surface area contributed by atoms with Crippen molar-refractivity contribution in [3.8, 4) is 11.3 Å². The quantitative estimate of drug-likeness (QED) is 0.150. The van der Waals surface area contributed by atoms with E-state index in [9.17, 15) is 4.79 Å². The minimum atomic E-state index is -0.195. The van der Waals surface area contributed by atoms with Crippen molar-refractivity contribution in [2.75, 3.05) is 43.6 Å². The third-order valence-corrected chi connectivity index (χ3v) is 9.04. The highest BCUT2D eigenvalue weighted by atomic mass is 35.5. The Morgan fingerprint density at radius 1 is 1.10 bits per heavy atom. The van der Waals surface area contributed by atoms with Crippen LogP contribution in [0.4, 0.5) is 11.4 Å². The Labute approximate surface area is 238 Å². The molecule has 3 heterocycles. The van der Waals surface area contributed by atoms with Gasteiger partial charge in [-0.15, -0.1) is 0 Å². The molecular weight excluding hydrogens is 532 g/mol. The van der Waals surface area contributed by atoms with E-state index in [4.69, 9.17) is 27.7 Å². The zero-order valence-corrected chi connectivity index (χ0v) is 23.8. The van der Waals surface area contributed by atoms with Gasteiger partial charge >= 0.3 is 0 Å². The van der Waals surface area contributed by atoms with E-state index in [1.54, 1.807) is 24.3 Å². The molecule has 0 radical (unpaired) electrons. The van der Waals surface area contributed by atoms with E-state index < -0.39 is 0 Å². The van der Waals surface area contributed by atoms with Crippen molar-refractivity contribution in [3.63, 3.8) is 0 Å². The molecule has 2 unspecified atom stereocenters. The summed E-state index contributed by atoms with van der Waals surface area (Å²) in [6, 6.07) is 14.9.